The first-order chi connectivity index (χ1) is 8.48. The third-order valence-corrected chi connectivity index (χ3v) is 3.75. The number of nitrogens with zero attached hydrogens (tertiary/aromatic N) is 1. The van der Waals surface area contributed by atoms with Gasteiger partial charge in [0.25, 0.3) is 0 Å². The van der Waals surface area contributed by atoms with E-state index in [4.69, 9.17) is 16.3 Å². The van der Waals surface area contributed by atoms with Crippen LogP contribution >= 0.6 is 11.6 Å². The van der Waals surface area contributed by atoms with Crippen molar-refractivity contribution >= 4 is 29.2 Å². The van der Waals surface area contributed by atoms with E-state index in [1.807, 2.05) is 0 Å². The van der Waals surface area contributed by atoms with E-state index in [0.29, 0.717) is 22.7 Å². The summed E-state index contributed by atoms with van der Waals surface area (Å²) in [6.07, 6.45) is 0.343. The summed E-state index contributed by atoms with van der Waals surface area (Å²) in [5.74, 6) is -0.808. The van der Waals surface area contributed by atoms with E-state index >= 15 is 0 Å². The van der Waals surface area contributed by atoms with Gasteiger partial charge in [0.15, 0.2) is 5.41 Å². The molecule has 1 aromatic carbocycles. The van der Waals surface area contributed by atoms with Crippen LogP contribution in [0.15, 0.2) is 18.2 Å². The molecule has 0 aromatic heterocycles. The quantitative estimate of drug-likeness (QED) is 0.609. The molecular formula is C13H14ClNO3. The van der Waals surface area contributed by atoms with Crippen molar-refractivity contribution in [1.82, 2.24) is 0 Å². The van der Waals surface area contributed by atoms with Gasteiger partial charge in [-0.2, -0.15) is 0 Å². The number of rotatable bonds is 2. The standard InChI is InChI=1S/C13H14ClNO3/c1-4-13(12(17)18-3)9-7-8(14)5-6-10(9)15(2)11(13)16/h5-7H,4H2,1-3H3/t13-/m0/s1. The van der Waals surface area contributed by atoms with Crippen LogP contribution in [0.2, 0.25) is 5.02 Å². The largest absolute Gasteiger partial charge is 0.468 e. The summed E-state index contributed by atoms with van der Waals surface area (Å²) in [5, 5.41) is 0.499. The summed E-state index contributed by atoms with van der Waals surface area (Å²) >= 11 is 5.97. The second-order valence-electron chi connectivity index (χ2n) is 4.28. The summed E-state index contributed by atoms with van der Waals surface area (Å²) in [5.41, 5.74) is 0.0671. The minimum absolute atomic E-state index is 0.269. The maximum Gasteiger partial charge on any atom is 0.326 e. The fourth-order valence-corrected chi connectivity index (χ4v) is 2.68. The second kappa shape index (κ2) is 4.28. The van der Waals surface area contributed by atoms with E-state index in [1.165, 1.54) is 12.0 Å². The van der Waals surface area contributed by atoms with Gasteiger partial charge in [-0.25, -0.2) is 0 Å². The number of likely N-dealkylation sites (N-methyl/N-ethyl adjacent to an activating group) is 1. The lowest BCUT2D eigenvalue weighted by Gasteiger charge is -2.23. The Hall–Kier alpha value is -1.55. The highest BCUT2D eigenvalue weighted by atomic mass is 35.5. The molecule has 0 saturated heterocycles. The highest BCUT2D eigenvalue weighted by Crippen LogP contribution is 2.45. The van der Waals surface area contributed by atoms with Crippen LogP contribution in [0, 0.1) is 0 Å². The van der Waals surface area contributed by atoms with Crippen LogP contribution in [0.4, 0.5) is 5.69 Å². The Morgan fingerprint density at radius 3 is 2.72 bits per heavy atom. The number of amides is 1. The zero-order valence-corrected chi connectivity index (χ0v) is 11.2. The second-order valence-corrected chi connectivity index (χ2v) is 4.71. The summed E-state index contributed by atoms with van der Waals surface area (Å²) in [6.45, 7) is 1.79. The van der Waals surface area contributed by atoms with Crippen molar-refractivity contribution in [1.29, 1.82) is 0 Å². The van der Waals surface area contributed by atoms with Crippen LogP contribution in [-0.2, 0) is 19.7 Å². The van der Waals surface area contributed by atoms with Gasteiger partial charge in [-0.05, 0) is 24.6 Å². The van der Waals surface area contributed by atoms with Crippen molar-refractivity contribution in [2.75, 3.05) is 19.1 Å². The average molecular weight is 268 g/mol. The number of esters is 1. The molecule has 1 aliphatic rings. The van der Waals surface area contributed by atoms with Crippen LogP contribution in [0.3, 0.4) is 0 Å². The van der Waals surface area contributed by atoms with Crippen molar-refractivity contribution in [3.05, 3.63) is 28.8 Å². The van der Waals surface area contributed by atoms with E-state index in [9.17, 15) is 9.59 Å². The van der Waals surface area contributed by atoms with Crippen molar-refractivity contribution < 1.29 is 14.3 Å². The number of ether oxygens (including phenoxy) is 1. The van der Waals surface area contributed by atoms with Crippen LogP contribution in [0.5, 0.6) is 0 Å². The molecule has 96 valence electrons. The number of hydrogen-bond acceptors (Lipinski definition) is 3. The van der Waals surface area contributed by atoms with E-state index in [1.54, 1.807) is 32.2 Å². The number of fused-ring (bicyclic) bond motifs is 1. The molecule has 0 spiro atoms. The van der Waals surface area contributed by atoms with Gasteiger partial charge in [-0.15, -0.1) is 0 Å². The Kier molecular flexibility index (Phi) is 3.07. The topological polar surface area (TPSA) is 46.6 Å². The van der Waals surface area contributed by atoms with Gasteiger partial charge in [-0.3, -0.25) is 9.59 Å². The number of anilines is 1. The molecule has 0 radical (unpaired) electrons. The van der Waals surface area contributed by atoms with Gasteiger partial charge in [0.05, 0.1) is 7.11 Å². The Bertz CT molecular complexity index is 529. The van der Waals surface area contributed by atoms with Gasteiger partial charge in [0.1, 0.15) is 0 Å². The van der Waals surface area contributed by atoms with Crippen molar-refractivity contribution in [3.8, 4) is 0 Å². The number of hydrogen-bond donors (Lipinski definition) is 0. The molecule has 0 unspecified atom stereocenters. The smallest absolute Gasteiger partial charge is 0.326 e. The molecular weight excluding hydrogens is 254 g/mol. The first kappa shape index (κ1) is 12.9. The summed E-state index contributed by atoms with van der Waals surface area (Å²) in [4.78, 5) is 26.0. The van der Waals surface area contributed by atoms with Crippen LogP contribution in [0.1, 0.15) is 18.9 Å². The molecule has 1 heterocycles. The third-order valence-electron chi connectivity index (χ3n) is 3.51. The molecule has 0 N–H and O–H groups in total. The Labute approximate surface area is 110 Å². The maximum atomic E-state index is 12.4. The highest BCUT2D eigenvalue weighted by molar-refractivity contribution is 6.31. The lowest BCUT2D eigenvalue weighted by atomic mass is 9.79. The summed E-state index contributed by atoms with van der Waals surface area (Å²) < 4.78 is 4.81. The van der Waals surface area contributed by atoms with Gasteiger partial charge < -0.3 is 9.64 Å². The normalized spacial score (nSPS) is 22.0. The molecule has 0 saturated carbocycles. The number of benzene rings is 1. The van der Waals surface area contributed by atoms with E-state index in [2.05, 4.69) is 0 Å². The molecule has 0 aliphatic carbocycles. The summed E-state index contributed by atoms with van der Waals surface area (Å²) in [6, 6.07) is 5.11. The van der Waals surface area contributed by atoms with Crippen molar-refractivity contribution in [2.24, 2.45) is 0 Å². The predicted molar refractivity (Wildman–Crippen MR) is 68.8 cm³/mol. The zero-order valence-electron chi connectivity index (χ0n) is 10.5. The molecule has 1 atom stereocenters. The van der Waals surface area contributed by atoms with Gasteiger partial charge >= 0.3 is 5.97 Å². The minimum Gasteiger partial charge on any atom is -0.468 e. The molecule has 1 aliphatic heterocycles. The molecule has 0 fully saturated rings. The van der Waals surface area contributed by atoms with Crippen LogP contribution in [-0.4, -0.2) is 26.0 Å². The lowest BCUT2D eigenvalue weighted by molar-refractivity contribution is -0.151. The molecule has 2 rings (SSSR count). The van der Waals surface area contributed by atoms with Crippen LogP contribution in [0.25, 0.3) is 0 Å². The fraction of sp³-hybridized carbons (Fsp3) is 0.385. The Morgan fingerprint density at radius 1 is 1.50 bits per heavy atom. The first-order valence-electron chi connectivity index (χ1n) is 5.65. The van der Waals surface area contributed by atoms with E-state index < -0.39 is 11.4 Å². The number of halogens is 1. The van der Waals surface area contributed by atoms with Gasteiger partial charge in [0.2, 0.25) is 5.91 Å². The number of carbonyl (C=O) groups is 2. The summed E-state index contributed by atoms with van der Waals surface area (Å²) in [7, 11) is 2.94. The SMILES string of the molecule is CC[C@@]1(C(=O)OC)C(=O)N(C)c2ccc(Cl)cc21. The van der Waals surface area contributed by atoms with Crippen molar-refractivity contribution in [2.45, 2.75) is 18.8 Å². The zero-order chi connectivity index (χ0) is 13.5. The van der Waals surface area contributed by atoms with Gasteiger partial charge in [0, 0.05) is 23.3 Å². The minimum atomic E-state index is -1.26. The number of carbonyl (C=O) groups excluding carboxylic acids is 2. The molecule has 5 heteroatoms. The van der Waals surface area contributed by atoms with Crippen molar-refractivity contribution in [3.63, 3.8) is 0 Å². The molecule has 1 aromatic rings. The Balaban J connectivity index is 2.73. The average Bonchev–Trinajstić information content (AvgIpc) is 2.58. The third kappa shape index (κ3) is 1.45. The fourth-order valence-electron chi connectivity index (χ4n) is 2.51. The van der Waals surface area contributed by atoms with Crippen LogP contribution < -0.4 is 4.90 Å². The Morgan fingerprint density at radius 2 is 2.17 bits per heavy atom. The lowest BCUT2D eigenvalue weighted by Crippen LogP contribution is -2.45. The molecule has 1 amide bonds. The maximum absolute atomic E-state index is 12.4. The predicted octanol–water partition coefficient (Wildman–Crippen LogP) is 2.14. The molecule has 0 bridgehead atoms. The van der Waals surface area contributed by atoms with E-state index in [-0.39, 0.29) is 5.91 Å². The molecule has 4 nitrogen and oxygen atoms in total. The number of methoxy groups -OCH3 is 1. The van der Waals surface area contributed by atoms with Gasteiger partial charge in [-0.1, -0.05) is 18.5 Å². The monoisotopic (exact) mass is 267 g/mol. The molecule has 18 heavy (non-hydrogen) atoms. The first-order valence-corrected chi connectivity index (χ1v) is 6.03. The highest BCUT2D eigenvalue weighted by Gasteiger charge is 2.55. The van der Waals surface area contributed by atoms with E-state index in [0.717, 1.165) is 0 Å².